The Balaban J connectivity index is 2.68. The van der Waals surface area contributed by atoms with Crippen LogP contribution in [0.5, 0.6) is 5.75 Å². The standard InChI is InChI=1S/C15H25NO/c1-6-7-14(16-5)10-17-15-12(3)8-11(2)9-13(15)4/h8-9,14,16H,6-7,10H2,1-5H3. The van der Waals surface area contributed by atoms with Crippen molar-refractivity contribution < 1.29 is 4.74 Å². The molecule has 1 atom stereocenters. The Bertz CT molecular complexity index is 337. The van der Waals surface area contributed by atoms with Crippen LogP contribution < -0.4 is 10.1 Å². The first-order valence-corrected chi connectivity index (χ1v) is 6.46. The first kappa shape index (κ1) is 14.0. The monoisotopic (exact) mass is 235 g/mol. The number of aryl methyl sites for hydroxylation is 3. The molecule has 0 fully saturated rings. The van der Waals surface area contributed by atoms with Crippen molar-refractivity contribution in [2.45, 2.75) is 46.6 Å². The van der Waals surface area contributed by atoms with Gasteiger partial charge in [-0.15, -0.1) is 0 Å². The lowest BCUT2D eigenvalue weighted by Gasteiger charge is -2.19. The third kappa shape index (κ3) is 4.04. The molecule has 96 valence electrons. The first-order valence-electron chi connectivity index (χ1n) is 6.46. The maximum absolute atomic E-state index is 5.97. The molecule has 0 spiro atoms. The summed E-state index contributed by atoms with van der Waals surface area (Å²) in [6.07, 6.45) is 2.33. The quantitative estimate of drug-likeness (QED) is 0.816. The van der Waals surface area contributed by atoms with Crippen molar-refractivity contribution in [3.63, 3.8) is 0 Å². The van der Waals surface area contributed by atoms with E-state index >= 15 is 0 Å². The van der Waals surface area contributed by atoms with E-state index in [0.29, 0.717) is 6.04 Å². The predicted octanol–water partition coefficient (Wildman–Crippen LogP) is 3.38. The zero-order valence-electron chi connectivity index (χ0n) is 11.8. The molecule has 17 heavy (non-hydrogen) atoms. The molecular weight excluding hydrogens is 210 g/mol. The van der Waals surface area contributed by atoms with Gasteiger partial charge in [0.15, 0.2) is 0 Å². The Morgan fingerprint density at radius 1 is 1.18 bits per heavy atom. The Hall–Kier alpha value is -1.02. The fraction of sp³-hybridized carbons (Fsp3) is 0.600. The summed E-state index contributed by atoms with van der Waals surface area (Å²) < 4.78 is 5.97. The van der Waals surface area contributed by atoms with E-state index in [1.807, 2.05) is 7.05 Å². The van der Waals surface area contributed by atoms with Crippen LogP contribution in [0.25, 0.3) is 0 Å². The largest absolute Gasteiger partial charge is 0.491 e. The number of rotatable bonds is 6. The highest BCUT2D eigenvalue weighted by Gasteiger charge is 2.09. The van der Waals surface area contributed by atoms with E-state index in [-0.39, 0.29) is 0 Å². The zero-order valence-corrected chi connectivity index (χ0v) is 11.8. The first-order chi connectivity index (χ1) is 8.08. The van der Waals surface area contributed by atoms with E-state index in [4.69, 9.17) is 4.74 Å². The van der Waals surface area contributed by atoms with Gasteiger partial charge < -0.3 is 10.1 Å². The van der Waals surface area contributed by atoms with Crippen molar-refractivity contribution in [1.82, 2.24) is 5.32 Å². The van der Waals surface area contributed by atoms with Gasteiger partial charge in [0.1, 0.15) is 12.4 Å². The SMILES string of the molecule is CCCC(COc1c(C)cc(C)cc1C)NC. The molecule has 0 saturated heterocycles. The van der Waals surface area contributed by atoms with Gasteiger partial charge in [0, 0.05) is 6.04 Å². The number of hydrogen-bond acceptors (Lipinski definition) is 2. The molecule has 2 heteroatoms. The Morgan fingerprint density at radius 3 is 2.24 bits per heavy atom. The Morgan fingerprint density at radius 2 is 1.76 bits per heavy atom. The minimum Gasteiger partial charge on any atom is -0.491 e. The molecule has 0 bridgehead atoms. The van der Waals surface area contributed by atoms with Gasteiger partial charge in [0.25, 0.3) is 0 Å². The summed E-state index contributed by atoms with van der Waals surface area (Å²) >= 11 is 0. The van der Waals surface area contributed by atoms with Crippen LogP contribution in [0.3, 0.4) is 0 Å². The number of nitrogens with one attached hydrogen (secondary N) is 1. The van der Waals surface area contributed by atoms with Crippen LogP contribution in [0, 0.1) is 20.8 Å². The second kappa shape index (κ2) is 6.65. The maximum Gasteiger partial charge on any atom is 0.125 e. The van der Waals surface area contributed by atoms with Crippen LogP contribution in [0.4, 0.5) is 0 Å². The maximum atomic E-state index is 5.97. The lowest BCUT2D eigenvalue weighted by Crippen LogP contribution is -2.31. The highest BCUT2D eigenvalue weighted by molar-refractivity contribution is 5.42. The molecule has 0 heterocycles. The van der Waals surface area contributed by atoms with Gasteiger partial charge in [-0.25, -0.2) is 0 Å². The summed E-state index contributed by atoms with van der Waals surface area (Å²) in [6, 6.07) is 4.80. The average Bonchev–Trinajstić information content (AvgIpc) is 2.26. The van der Waals surface area contributed by atoms with E-state index in [1.165, 1.54) is 23.1 Å². The van der Waals surface area contributed by atoms with E-state index in [2.05, 4.69) is 45.1 Å². The van der Waals surface area contributed by atoms with E-state index in [1.54, 1.807) is 0 Å². The van der Waals surface area contributed by atoms with E-state index in [9.17, 15) is 0 Å². The lowest BCUT2D eigenvalue weighted by molar-refractivity contribution is 0.260. The number of likely N-dealkylation sites (N-methyl/N-ethyl adjacent to an activating group) is 1. The fourth-order valence-electron chi connectivity index (χ4n) is 2.24. The van der Waals surface area contributed by atoms with Crippen LogP contribution in [0.1, 0.15) is 36.5 Å². The van der Waals surface area contributed by atoms with Gasteiger partial charge in [-0.3, -0.25) is 0 Å². The van der Waals surface area contributed by atoms with Crippen molar-refractivity contribution in [3.8, 4) is 5.75 Å². The van der Waals surface area contributed by atoms with Gasteiger partial charge in [-0.1, -0.05) is 31.0 Å². The summed E-state index contributed by atoms with van der Waals surface area (Å²) in [6.45, 7) is 9.30. The Kier molecular flexibility index (Phi) is 5.49. The second-order valence-electron chi connectivity index (χ2n) is 4.81. The molecule has 2 nitrogen and oxygen atoms in total. The van der Waals surface area contributed by atoms with Crippen LogP contribution in [-0.2, 0) is 0 Å². The van der Waals surface area contributed by atoms with Crippen molar-refractivity contribution in [3.05, 3.63) is 28.8 Å². The molecule has 1 rings (SSSR count). The summed E-state index contributed by atoms with van der Waals surface area (Å²) in [4.78, 5) is 0. The third-order valence-electron chi connectivity index (χ3n) is 3.08. The van der Waals surface area contributed by atoms with Gasteiger partial charge in [0.05, 0.1) is 0 Å². The fourth-order valence-corrected chi connectivity index (χ4v) is 2.24. The highest BCUT2D eigenvalue weighted by Crippen LogP contribution is 2.24. The van der Waals surface area contributed by atoms with Gasteiger partial charge in [-0.2, -0.15) is 0 Å². The minimum absolute atomic E-state index is 0.445. The molecule has 1 unspecified atom stereocenters. The van der Waals surface area contributed by atoms with E-state index < -0.39 is 0 Å². The molecule has 0 aliphatic carbocycles. The molecule has 0 aliphatic rings. The van der Waals surface area contributed by atoms with Crippen LogP contribution in [-0.4, -0.2) is 19.7 Å². The molecule has 1 aromatic rings. The van der Waals surface area contributed by atoms with Crippen LogP contribution >= 0.6 is 0 Å². The minimum atomic E-state index is 0.445. The molecule has 1 aromatic carbocycles. The third-order valence-corrected chi connectivity index (χ3v) is 3.08. The molecule has 0 amide bonds. The van der Waals surface area contributed by atoms with Crippen molar-refractivity contribution in [1.29, 1.82) is 0 Å². The van der Waals surface area contributed by atoms with Gasteiger partial charge in [-0.05, 0) is 45.4 Å². The van der Waals surface area contributed by atoms with Crippen molar-refractivity contribution in [2.75, 3.05) is 13.7 Å². The molecular formula is C15H25NO. The molecule has 0 aliphatic heterocycles. The number of hydrogen-bond donors (Lipinski definition) is 1. The average molecular weight is 235 g/mol. The number of ether oxygens (including phenoxy) is 1. The smallest absolute Gasteiger partial charge is 0.125 e. The summed E-state index contributed by atoms with van der Waals surface area (Å²) in [5, 5.41) is 3.30. The normalized spacial score (nSPS) is 12.5. The molecule has 0 radical (unpaired) electrons. The zero-order chi connectivity index (χ0) is 12.8. The van der Waals surface area contributed by atoms with Gasteiger partial charge in [0.2, 0.25) is 0 Å². The summed E-state index contributed by atoms with van der Waals surface area (Å²) in [5.74, 6) is 1.05. The van der Waals surface area contributed by atoms with Gasteiger partial charge >= 0.3 is 0 Å². The topological polar surface area (TPSA) is 21.3 Å². The summed E-state index contributed by atoms with van der Waals surface area (Å²) in [7, 11) is 2.00. The van der Waals surface area contributed by atoms with Crippen molar-refractivity contribution in [2.24, 2.45) is 0 Å². The van der Waals surface area contributed by atoms with E-state index in [0.717, 1.165) is 18.8 Å². The second-order valence-corrected chi connectivity index (χ2v) is 4.81. The Labute approximate surface area is 105 Å². The molecule has 0 aromatic heterocycles. The molecule has 1 N–H and O–H groups in total. The summed E-state index contributed by atoms with van der Waals surface area (Å²) in [5.41, 5.74) is 3.76. The lowest BCUT2D eigenvalue weighted by atomic mass is 10.1. The molecule has 0 saturated carbocycles. The van der Waals surface area contributed by atoms with Crippen molar-refractivity contribution >= 4 is 0 Å². The van der Waals surface area contributed by atoms with Crippen LogP contribution in [0.2, 0.25) is 0 Å². The van der Waals surface area contributed by atoms with Crippen LogP contribution in [0.15, 0.2) is 12.1 Å². The number of benzene rings is 1. The predicted molar refractivity (Wildman–Crippen MR) is 73.9 cm³/mol. The highest BCUT2D eigenvalue weighted by atomic mass is 16.5.